The lowest BCUT2D eigenvalue weighted by Crippen LogP contribution is -2.35. The summed E-state index contributed by atoms with van der Waals surface area (Å²) in [5.41, 5.74) is 5.87. The van der Waals surface area contributed by atoms with Gasteiger partial charge < -0.3 is 5.32 Å². The molecule has 0 radical (unpaired) electrons. The van der Waals surface area contributed by atoms with Crippen molar-refractivity contribution in [3.05, 3.63) is 88.4 Å². The van der Waals surface area contributed by atoms with Gasteiger partial charge in [-0.2, -0.15) is 5.10 Å². The normalized spacial score (nSPS) is 16.2. The third-order valence-corrected chi connectivity index (χ3v) is 5.35. The van der Waals surface area contributed by atoms with Gasteiger partial charge in [-0.1, -0.05) is 30.3 Å². The topological polar surface area (TPSA) is 74.8 Å². The van der Waals surface area contributed by atoms with E-state index >= 15 is 0 Å². The van der Waals surface area contributed by atoms with E-state index in [1.165, 1.54) is 12.1 Å². The summed E-state index contributed by atoms with van der Waals surface area (Å²) in [6, 6.07) is 13.2. The number of carbonyl (C=O) groups is 2. The maximum absolute atomic E-state index is 13.3. The average Bonchev–Trinajstić information content (AvgIpc) is 3.16. The quantitative estimate of drug-likeness (QED) is 0.673. The van der Waals surface area contributed by atoms with E-state index in [-0.39, 0.29) is 30.3 Å². The molecule has 2 N–H and O–H groups in total. The summed E-state index contributed by atoms with van der Waals surface area (Å²) in [5.74, 6) is -0.588. The summed E-state index contributed by atoms with van der Waals surface area (Å²) in [7, 11) is 0. The van der Waals surface area contributed by atoms with Gasteiger partial charge in [0.2, 0.25) is 5.91 Å². The number of halogens is 1. The summed E-state index contributed by atoms with van der Waals surface area (Å²) in [6.07, 6.45) is 2.05. The van der Waals surface area contributed by atoms with Gasteiger partial charge in [-0.15, -0.1) is 0 Å². The number of hydrogen-bond donors (Lipinski definition) is 2. The maximum atomic E-state index is 13.3. The summed E-state index contributed by atoms with van der Waals surface area (Å²) in [4.78, 5) is 25.2. The lowest BCUT2D eigenvalue weighted by molar-refractivity contribution is -0.121. The predicted octanol–water partition coefficient (Wildman–Crippen LogP) is 4.13. The van der Waals surface area contributed by atoms with Gasteiger partial charge in [0.15, 0.2) is 5.78 Å². The molecule has 3 aromatic rings. The number of hydrogen-bond acceptors (Lipinski definition) is 3. The first-order valence-electron chi connectivity index (χ1n) is 9.80. The molecule has 1 aliphatic rings. The average molecular weight is 403 g/mol. The Hall–Kier alpha value is -3.54. The lowest BCUT2D eigenvalue weighted by atomic mass is 9.88. The van der Waals surface area contributed by atoms with Crippen molar-refractivity contribution in [2.75, 3.05) is 0 Å². The van der Waals surface area contributed by atoms with Crippen LogP contribution in [0.3, 0.4) is 0 Å². The highest BCUT2D eigenvalue weighted by Gasteiger charge is 2.28. The van der Waals surface area contributed by atoms with Crippen LogP contribution in [0.2, 0.25) is 0 Å². The Morgan fingerprint density at radius 3 is 2.60 bits per heavy atom. The van der Waals surface area contributed by atoms with Gasteiger partial charge in [0, 0.05) is 29.7 Å². The fraction of sp³-hybridized carbons (Fsp3) is 0.208. The zero-order valence-electron chi connectivity index (χ0n) is 16.8. The Balaban J connectivity index is 1.62. The highest BCUT2D eigenvalue weighted by molar-refractivity contribution is 6.00. The highest BCUT2D eigenvalue weighted by atomic mass is 19.1. The molecule has 1 aliphatic heterocycles. The van der Waals surface area contributed by atoms with Crippen molar-refractivity contribution in [1.29, 1.82) is 0 Å². The van der Waals surface area contributed by atoms with Crippen molar-refractivity contribution in [3.8, 4) is 11.3 Å². The third kappa shape index (κ3) is 4.08. The van der Waals surface area contributed by atoms with Crippen LogP contribution in [0.1, 0.15) is 34.8 Å². The minimum Gasteiger partial charge on any atom is -0.345 e. The Morgan fingerprint density at radius 2 is 1.90 bits per heavy atom. The van der Waals surface area contributed by atoms with Gasteiger partial charge in [-0.05, 0) is 54.8 Å². The van der Waals surface area contributed by atoms with Crippen LogP contribution < -0.4 is 5.32 Å². The van der Waals surface area contributed by atoms with E-state index < -0.39 is 6.04 Å². The lowest BCUT2D eigenvalue weighted by Gasteiger charge is -2.25. The molecule has 4 rings (SSSR count). The molecule has 30 heavy (non-hydrogen) atoms. The maximum Gasteiger partial charge on any atom is 0.224 e. The monoisotopic (exact) mass is 403 g/mol. The molecule has 0 spiro atoms. The van der Waals surface area contributed by atoms with Crippen molar-refractivity contribution < 1.29 is 14.0 Å². The smallest absolute Gasteiger partial charge is 0.224 e. The molecule has 0 bridgehead atoms. The number of carbonyl (C=O) groups excluding carboxylic acids is 2. The Morgan fingerprint density at radius 1 is 1.13 bits per heavy atom. The van der Waals surface area contributed by atoms with Crippen LogP contribution in [0.4, 0.5) is 4.39 Å². The van der Waals surface area contributed by atoms with Gasteiger partial charge in [-0.3, -0.25) is 14.7 Å². The summed E-state index contributed by atoms with van der Waals surface area (Å²) < 4.78 is 13.3. The fourth-order valence-corrected chi connectivity index (χ4v) is 3.67. The van der Waals surface area contributed by atoms with E-state index in [0.29, 0.717) is 11.1 Å². The van der Waals surface area contributed by atoms with E-state index in [0.717, 1.165) is 28.1 Å². The molecule has 152 valence electrons. The Kier molecular flexibility index (Phi) is 5.31. The van der Waals surface area contributed by atoms with Crippen molar-refractivity contribution in [3.63, 3.8) is 0 Å². The van der Waals surface area contributed by atoms with Crippen LogP contribution in [0.15, 0.2) is 60.2 Å². The molecule has 0 aliphatic carbocycles. The molecule has 1 aromatic heterocycles. The second-order valence-corrected chi connectivity index (χ2v) is 7.59. The largest absolute Gasteiger partial charge is 0.345 e. The van der Waals surface area contributed by atoms with E-state index in [1.807, 2.05) is 38.1 Å². The summed E-state index contributed by atoms with van der Waals surface area (Å²) >= 11 is 0. The van der Waals surface area contributed by atoms with Crippen molar-refractivity contribution in [1.82, 2.24) is 15.5 Å². The number of Topliss-reactive ketones (excluding diaryl/α,β-unsaturated/α-hetero) is 1. The molecule has 0 saturated heterocycles. The number of nitrogens with one attached hydrogen (secondary N) is 2. The van der Waals surface area contributed by atoms with Crippen LogP contribution in [-0.2, 0) is 16.0 Å². The zero-order chi connectivity index (χ0) is 21.3. The molecule has 5 nitrogen and oxygen atoms in total. The molecule has 2 aromatic carbocycles. The molecule has 6 heteroatoms. The molecule has 0 unspecified atom stereocenters. The highest BCUT2D eigenvalue weighted by Crippen LogP contribution is 2.29. The number of H-pyrrole nitrogens is 1. The first-order valence-corrected chi connectivity index (χ1v) is 9.80. The van der Waals surface area contributed by atoms with E-state index in [9.17, 15) is 14.0 Å². The predicted molar refractivity (Wildman–Crippen MR) is 112 cm³/mol. The van der Waals surface area contributed by atoms with Crippen LogP contribution in [0, 0.1) is 19.7 Å². The number of ketones is 1. The van der Waals surface area contributed by atoms with Crippen molar-refractivity contribution in [2.24, 2.45) is 0 Å². The Labute approximate surface area is 174 Å². The van der Waals surface area contributed by atoms with Crippen molar-refractivity contribution >= 4 is 11.7 Å². The molecule has 1 amide bonds. The molecule has 0 saturated carbocycles. The SMILES string of the molecule is Cc1cc(-c2ccc(C)c(CC(=O)C3=CCC(=O)N[C@@H]3c3ccc(F)cc3)c2)n[nH]1. The zero-order valence-corrected chi connectivity index (χ0v) is 16.8. The van der Waals surface area contributed by atoms with Crippen LogP contribution in [0.25, 0.3) is 11.3 Å². The second kappa shape index (κ2) is 8.06. The number of aryl methyl sites for hydroxylation is 2. The van der Waals surface area contributed by atoms with Gasteiger partial charge >= 0.3 is 0 Å². The van der Waals surface area contributed by atoms with Gasteiger partial charge in [-0.25, -0.2) is 4.39 Å². The van der Waals surface area contributed by atoms with E-state index in [2.05, 4.69) is 15.5 Å². The van der Waals surface area contributed by atoms with Gasteiger partial charge in [0.05, 0.1) is 11.7 Å². The third-order valence-electron chi connectivity index (χ3n) is 5.35. The van der Waals surface area contributed by atoms with Crippen LogP contribution in [0.5, 0.6) is 0 Å². The first kappa shape index (κ1) is 19.8. The summed E-state index contributed by atoms with van der Waals surface area (Å²) in [6.45, 7) is 3.91. The molecule has 2 heterocycles. The molecular weight excluding hydrogens is 381 g/mol. The number of aromatic nitrogens is 2. The first-order chi connectivity index (χ1) is 14.4. The molecule has 1 atom stereocenters. The summed E-state index contributed by atoms with van der Waals surface area (Å²) in [5, 5.41) is 10.1. The Bertz CT molecular complexity index is 1150. The number of amides is 1. The van der Waals surface area contributed by atoms with Crippen LogP contribution >= 0.6 is 0 Å². The molecule has 0 fully saturated rings. The van der Waals surface area contributed by atoms with Gasteiger partial charge in [0.1, 0.15) is 5.82 Å². The fourth-order valence-electron chi connectivity index (χ4n) is 3.67. The minimum atomic E-state index is -0.572. The number of aromatic amines is 1. The minimum absolute atomic E-state index is 0.0669. The van der Waals surface area contributed by atoms with E-state index in [4.69, 9.17) is 0 Å². The van der Waals surface area contributed by atoms with Crippen molar-refractivity contribution in [2.45, 2.75) is 32.7 Å². The van der Waals surface area contributed by atoms with Gasteiger partial charge in [0.25, 0.3) is 0 Å². The number of rotatable bonds is 5. The van der Waals surface area contributed by atoms with E-state index in [1.54, 1.807) is 18.2 Å². The second-order valence-electron chi connectivity index (χ2n) is 7.59. The molecular formula is C24H22FN3O2. The standard InChI is InChI=1S/C24H22FN3O2/c1-14-3-4-17(21-11-15(2)27-28-21)12-18(14)13-22(29)20-9-10-23(30)26-24(20)16-5-7-19(25)8-6-16/h3-9,11-12,24H,10,13H2,1-2H3,(H,26,30)(H,27,28)/t24-/m1/s1. The van der Waals surface area contributed by atoms with Crippen LogP contribution in [-0.4, -0.2) is 21.9 Å². The number of nitrogens with zero attached hydrogens (tertiary/aromatic N) is 1. The number of benzene rings is 2.